The largest absolute Gasteiger partial charge is 0.460 e. The lowest BCUT2D eigenvalue weighted by molar-refractivity contribution is 0.429. The summed E-state index contributed by atoms with van der Waals surface area (Å²) < 4.78 is 12.1. The number of fused-ring (bicyclic) bond motifs is 13. The Kier molecular flexibility index (Phi) is 4.54. The molecule has 4 heterocycles. The Hall–Kier alpha value is -4.83. The molecule has 2 atom stereocenters. The first kappa shape index (κ1) is 22.8. The Bertz CT molecular complexity index is 2250. The predicted molar refractivity (Wildman–Crippen MR) is 170 cm³/mol. The highest BCUT2D eigenvalue weighted by Crippen LogP contribution is 2.64. The smallest absolute Gasteiger partial charge is 0.140 e. The van der Waals surface area contributed by atoms with Crippen molar-refractivity contribution < 1.29 is 4.74 Å². The fourth-order valence-electron chi connectivity index (χ4n) is 7.98. The van der Waals surface area contributed by atoms with Crippen LogP contribution in [0.3, 0.4) is 0 Å². The standard InChI is InChI=1S/C38H29N3O/c1-2-5-12-24(11-4-1)40-30-19-18-23-21-32(35(30)36-31(40)17-10-20-39-36)42-38-33(23)27-22-28(27)37-34(38)26-15-8-9-16-29(26)41(37)25-13-6-3-7-14-25/h1-2,4,6,8-20,27-28H,3,5,7,21-22H2. The lowest BCUT2D eigenvalue weighted by atomic mass is 9.85. The van der Waals surface area contributed by atoms with Crippen molar-refractivity contribution in [3.05, 3.63) is 130 Å². The molecular formula is C38H29N3O. The Morgan fingerprint density at radius 1 is 0.833 bits per heavy atom. The molecule has 0 N–H and O–H groups in total. The molecule has 10 rings (SSSR count). The van der Waals surface area contributed by atoms with Gasteiger partial charge in [0, 0.05) is 52.1 Å². The number of hydrogen-bond acceptors (Lipinski definition) is 2. The van der Waals surface area contributed by atoms with Crippen LogP contribution in [0, 0.1) is 5.92 Å². The fourth-order valence-corrected chi connectivity index (χ4v) is 7.98. The summed E-state index contributed by atoms with van der Waals surface area (Å²) in [6.45, 7) is 0. The Labute approximate surface area is 243 Å². The lowest BCUT2D eigenvalue weighted by Gasteiger charge is -2.29. The van der Waals surface area contributed by atoms with Crippen LogP contribution >= 0.6 is 0 Å². The minimum atomic E-state index is 0.512. The van der Waals surface area contributed by atoms with Crippen LogP contribution in [-0.4, -0.2) is 14.1 Å². The topological polar surface area (TPSA) is 32.0 Å². The Balaban J connectivity index is 1.26. The third-order valence-electron chi connectivity index (χ3n) is 9.77. The van der Waals surface area contributed by atoms with Gasteiger partial charge in [0.25, 0.3) is 0 Å². The van der Waals surface area contributed by atoms with Crippen LogP contribution in [0.1, 0.15) is 49.3 Å². The van der Waals surface area contributed by atoms with Crippen LogP contribution in [0.5, 0.6) is 0 Å². The third-order valence-corrected chi connectivity index (χ3v) is 9.77. The van der Waals surface area contributed by atoms with Crippen LogP contribution in [0.15, 0.2) is 108 Å². The predicted octanol–water partition coefficient (Wildman–Crippen LogP) is 7.32. The molecule has 4 heteroatoms. The maximum absolute atomic E-state index is 7.21. The fraction of sp³-hybridized carbons (Fsp3) is 0.184. The second-order valence-electron chi connectivity index (χ2n) is 12.1. The maximum Gasteiger partial charge on any atom is 0.140 e. The van der Waals surface area contributed by atoms with Crippen LogP contribution in [-0.2, 0) is 4.74 Å². The third kappa shape index (κ3) is 2.99. The average Bonchev–Trinajstić information content (AvgIpc) is 3.76. The highest BCUT2D eigenvalue weighted by Gasteiger charge is 2.53. The minimum Gasteiger partial charge on any atom is -0.460 e. The molecule has 1 aromatic carbocycles. The molecule has 0 radical (unpaired) electrons. The summed E-state index contributed by atoms with van der Waals surface area (Å²) in [7, 11) is 0. The average molecular weight is 544 g/mol. The molecule has 6 aliphatic rings. The van der Waals surface area contributed by atoms with Gasteiger partial charge in [0.2, 0.25) is 0 Å². The van der Waals surface area contributed by atoms with E-state index in [1.807, 2.05) is 12.3 Å². The number of para-hydroxylation sites is 1. The first-order valence-electron chi connectivity index (χ1n) is 15.2. The van der Waals surface area contributed by atoms with E-state index in [0.29, 0.717) is 11.8 Å². The van der Waals surface area contributed by atoms with Crippen molar-refractivity contribution in [3.63, 3.8) is 0 Å². The van der Waals surface area contributed by atoms with Gasteiger partial charge in [-0.2, -0.15) is 0 Å². The number of rotatable bonds is 2. The monoisotopic (exact) mass is 543 g/mol. The number of aromatic nitrogens is 3. The summed E-state index contributed by atoms with van der Waals surface area (Å²) >= 11 is 0. The molecule has 2 bridgehead atoms. The van der Waals surface area contributed by atoms with Gasteiger partial charge in [-0.1, -0.05) is 60.7 Å². The van der Waals surface area contributed by atoms with Crippen molar-refractivity contribution in [1.82, 2.24) is 14.1 Å². The summed E-state index contributed by atoms with van der Waals surface area (Å²) in [5.74, 6) is 3.13. The molecular weight excluding hydrogens is 514 g/mol. The zero-order valence-electron chi connectivity index (χ0n) is 23.3. The van der Waals surface area contributed by atoms with Gasteiger partial charge in [0.15, 0.2) is 0 Å². The number of nitrogens with zero attached hydrogens (tertiary/aromatic N) is 3. The van der Waals surface area contributed by atoms with E-state index in [1.54, 1.807) is 0 Å². The summed E-state index contributed by atoms with van der Waals surface area (Å²) in [6.07, 6.45) is 29.7. The molecule has 0 spiro atoms. The van der Waals surface area contributed by atoms with Crippen molar-refractivity contribution in [3.8, 4) is 0 Å². The van der Waals surface area contributed by atoms with Crippen molar-refractivity contribution in [2.75, 3.05) is 0 Å². The summed E-state index contributed by atoms with van der Waals surface area (Å²) in [5.41, 5.74) is 11.4. The zero-order valence-corrected chi connectivity index (χ0v) is 23.3. The summed E-state index contributed by atoms with van der Waals surface area (Å²) in [4.78, 5) is 4.94. The molecule has 1 saturated carbocycles. The number of allylic oxidation sites excluding steroid dienone is 12. The number of ether oxygens (including phenoxy) is 1. The number of hydrogen-bond donors (Lipinski definition) is 0. The Morgan fingerprint density at radius 2 is 1.76 bits per heavy atom. The number of benzene rings is 1. The first-order chi connectivity index (χ1) is 20.9. The van der Waals surface area contributed by atoms with E-state index < -0.39 is 0 Å². The lowest BCUT2D eigenvalue weighted by Crippen LogP contribution is -2.31. The van der Waals surface area contributed by atoms with Gasteiger partial charge in [0.05, 0.1) is 27.1 Å². The molecule has 202 valence electrons. The van der Waals surface area contributed by atoms with Crippen molar-refractivity contribution in [2.45, 2.75) is 38.0 Å². The van der Waals surface area contributed by atoms with Crippen LogP contribution < -0.4 is 10.6 Å². The first-order valence-corrected chi connectivity index (χ1v) is 15.2. The van der Waals surface area contributed by atoms with E-state index in [0.717, 1.165) is 58.8 Å². The van der Waals surface area contributed by atoms with Crippen LogP contribution in [0.25, 0.3) is 50.9 Å². The van der Waals surface area contributed by atoms with E-state index >= 15 is 0 Å². The van der Waals surface area contributed by atoms with E-state index in [-0.39, 0.29) is 0 Å². The van der Waals surface area contributed by atoms with Gasteiger partial charge in [-0.15, -0.1) is 0 Å². The second-order valence-corrected chi connectivity index (χ2v) is 12.1. The SMILES string of the molecule is C1=CCC=C(n2c3c(c4ncccc42)=C2CC(=CC=3)C3=C(O2)c2c(n(C4=CCCC=C4)c4ccccc24)C2CC32)C=C1. The molecule has 0 amide bonds. The molecule has 42 heavy (non-hydrogen) atoms. The van der Waals surface area contributed by atoms with Gasteiger partial charge >= 0.3 is 0 Å². The van der Waals surface area contributed by atoms with Gasteiger partial charge in [-0.3, -0.25) is 4.98 Å². The van der Waals surface area contributed by atoms with E-state index in [1.165, 1.54) is 51.1 Å². The quantitative estimate of drug-likeness (QED) is 0.265. The molecule has 3 aromatic heterocycles. The van der Waals surface area contributed by atoms with Crippen molar-refractivity contribution >= 4 is 50.9 Å². The molecule has 1 aliphatic heterocycles. The van der Waals surface area contributed by atoms with Gasteiger partial charge < -0.3 is 13.9 Å². The maximum atomic E-state index is 7.21. The summed E-state index contributed by atoms with van der Waals surface area (Å²) in [5, 5.41) is 3.56. The van der Waals surface area contributed by atoms with Gasteiger partial charge in [-0.25, -0.2) is 0 Å². The van der Waals surface area contributed by atoms with E-state index in [2.05, 4.69) is 100 Å². The second kappa shape index (κ2) is 8.36. The van der Waals surface area contributed by atoms with E-state index in [9.17, 15) is 0 Å². The normalized spacial score (nSPS) is 23.1. The summed E-state index contributed by atoms with van der Waals surface area (Å²) in [6, 6.07) is 13.1. The highest BCUT2D eigenvalue weighted by atomic mass is 16.5. The van der Waals surface area contributed by atoms with Crippen LogP contribution in [0.4, 0.5) is 0 Å². The Morgan fingerprint density at radius 3 is 2.71 bits per heavy atom. The van der Waals surface area contributed by atoms with E-state index in [4.69, 9.17) is 9.72 Å². The minimum absolute atomic E-state index is 0.512. The molecule has 4 nitrogen and oxygen atoms in total. The van der Waals surface area contributed by atoms with Gasteiger partial charge in [0.1, 0.15) is 11.5 Å². The molecule has 5 aliphatic carbocycles. The molecule has 1 fully saturated rings. The zero-order chi connectivity index (χ0) is 27.4. The van der Waals surface area contributed by atoms with Crippen molar-refractivity contribution in [2.24, 2.45) is 5.92 Å². The molecule has 0 saturated heterocycles. The number of pyridine rings is 1. The highest BCUT2D eigenvalue weighted by molar-refractivity contribution is 6.01. The molecule has 4 aromatic rings. The van der Waals surface area contributed by atoms with Crippen molar-refractivity contribution in [1.29, 1.82) is 0 Å². The molecule has 2 unspecified atom stereocenters. The van der Waals surface area contributed by atoms with Crippen LogP contribution in [0.2, 0.25) is 0 Å². The van der Waals surface area contributed by atoms with Gasteiger partial charge in [-0.05, 0) is 73.6 Å².